The molecule has 19 heavy (non-hydrogen) atoms. The van der Waals surface area contributed by atoms with E-state index in [1.54, 1.807) is 12.4 Å². The highest BCUT2D eigenvalue weighted by Gasteiger charge is 2.04. The maximum Gasteiger partial charge on any atom is 0.145 e. The number of nitrogens with one attached hydrogen (secondary N) is 1. The quantitative estimate of drug-likeness (QED) is 0.892. The Kier molecular flexibility index (Phi) is 4.34. The summed E-state index contributed by atoms with van der Waals surface area (Å²) in [5.41, 5.74) is 1.85. The van der Waals surface area contributed by atoms with E-state index in [0.717, 1.165) is 29.4 Å². The van der Waals surface area contributed by atoms with E-state index in [4.69, 9.17) is 4.74 Å². The van der Waals surface area contributed by atoms with Crippen LogP contribution in [0.25, 0.3) is 11.3 Å². The predicted molar refractivity (Wildman–Crippen MR) is 77.4 cm³/mol. The molecule has 1 N–H and O–H groups in total. The van der Waals surface area contributed by atoms with Gasteiger partial charge in [-0.25, -0.2) is 4.98 Å². The highest BCUT2D eigenvalue weighted by molar-refractivity contribution is 5.61. The number of hydrogen-bond donors (Lipinski definition) is 1. The predicted octanol–water partition coefficient (Wildman–Crippen LogP) is 3.36. The van der Waals surface area contributed by atoms with Crippen molar-refractivity contribution in [3.63, 3.8) is 0 Å². The Morgan fingerprint density at radius 3 is 2.84 bits per heavy atom. The molecule has 2 rings (SSSR count). The van der Waals surface area contributed by atoms with E-state index in [0.29, 0.717) is 0 Å². The Labute approximate surface area is 113 Å². The van der Waals surface area contributed by atoms with E-state index in [9.17, 15) is 0 Å². The Morgan fingerprint density at radius 2 is 2.11 bits per heavy atom. The maximum atomic E-state index is 5.69. The van der Waals surface area contributed by atoms with Gasteiger partial charge in [-0.15, -0.1) is 0 Å². The molecule has 0 amide bonds. The first kappa shape index (κ1) is 13.3. The van der Waals surface area contributed by atoms with Crippen LogP contribution in [0.4, 0.5) is 5.82 Å². The zero-order valence-electron chi connectivity index (χ0n) is 11.6. The second-order valence-corrected chi connectivity index (χ2v) is 4.51. The Bertz CT molecular complexity index is 540. The molecule has 4 heteroatoms. The molecule has 1 aromatic heterocycles. The van der Waals surface area contributed by atoms with E-state index in [2.05, 4.69) is 15.3 Å². The number of nitrogens with zero attached hydrogens (tertiary/aromatic N) is 2. The number of aromatic nitrogens is 2. The van der Waals surface area contributed by atoms with Crippen LogP contribution in [0.3, 0.4) is 0 Å². The molecule has 0 spiro atoms. The van der Waals surface area contributed by atoms with Gasteiger partial charge in [-0.2, -0.15) is 0 Å². The van der Waals surface area contributed by atoms with Crippen LogP contribution in [0.15, 0.2) is 36.7 Å². The molecule has 0 bridgehead atoms. The Hall–Kier alpha value is -2.10. The molecule has 0 unspecified atom stereocenters. The van der Waals surface area contributed by atoms with Crippen molar-refractivity contribution in [2.45, 2.75) is 26.9 Å². The lowest BCUT2D eigenvalue weighted by atomic mass is 10.1. The SMILES string of the molecule is CCNc1cncc(-c2cccc(OC(C)C)c2)n1. The van der Waals surface area contributed by atoms with Crippen LogP contribution in [0.5, 0.6) is 5.75 Å². The summed E-state index contributed by atoms with van der Waals surface area (Å²) in [4.78, 5) is 8.73. The van der Waals surface area contributed by atoms with Crippen molar-refractivity contribution in [3.8, 4) is 17.0 Å². The molecule has 2 aromatic rings. The summed E-state index contributed by atoms with van der Waals surface area (Å²) in [5, 5.41) is 3.16. The summed E-state index contributed by atoms with van der Waals surface area (Å²) in [6.07, 6.45) is 3.64. The number of rotatable bonds is 5. The Balaban J connectivity index is 2.28. The van der Waals surface area contributed by atoms with Gasteiger partial charge in [0.2, 0.25) is 0 Å². The number of benzene rings is 1. The summed E-state index contributed by atoms with van der Waals surface area (Å²) < 4.78 is 5.69. The maximum absolute atomic E-state index is 5.69. The lowest BCUT2D eigenvalue weighted by Gasteiger charge is -2.11. The van der Waals surface area contributed by atoms with Crippen LogP contribution >= 0.6 is 0 Å². The van der Waals surface area contributed by atoms with Gasteiger partial charge in [0, 0.05) is 12.1 Å². The highest BCUT2D eigenvalue weighted by atomic mass is 16.5. The topological polar surface area (TPSA) is 47.0 Å². The van der Waals surface area contributed by atoms with Crippen LogP contribution in [-0.4, -0.2) is 22.6 Å². The molecule has 0 aliphatic carbocycles. The molecule has 1 heterocycles. The van der Waals surface area contributed by atoms with Gasteiger partial charge in [-0.1, -0.05) is 12.1 Å². The number of anilines is 1. The zero-order chi connectivity index (χ0) is 13.7. The second kappa shape index (κ2) is 6.18. The van der Waals surface area contributed by atoms with E-state index in [-0.39, 0.29) is 6.10 Å². The molecular formula is C15H19N3O. The molecule has 0 fully saturated rings. The van der Waals surface area contributed by atoms with Gasteiger partial charge in [0.1, 0.15) is 11.6 Å². The lowest BCUT2D eigenvalue weighted by molar-refractivity contribution is 0.242. The molecule has 1 aromatic carbocycles. The van der Waals surface area contributed by atoms with Gasteiger partial charge in [0.05, 0.1) is 24.2 Å². The first-order valence-corrected chi connectivity index (χ1v) is 6.52. The zero-order valence-corrected chi connectivity index (χ0v) is 11.6. The molecule has 0 aliphatic rings. The largest absolute Gasteiger partial charge is 0.491 e. The normalized spacial score (nSPS) is 10.5. The molecular weight excluding hydrogens is 238 g/mol. The van der Waals surface area contributed by atoms with Crippen LogP contribution < -0.4 is 10.1 Å². The third-order valence-corrected chi connectivity index (χ3v) is 2.49. The summed E-state index contributed by atoms with van der Waals surface area (Å²) in [6, 6.07) is 7.91. The third kappa shape index (κ3) is 3.68. The van der Waals surface area contributed by atoms with Crippen molar-refractivity contribution in [2.75, 3.05) is 11.9 Å². The fourth-order valence-electron chi connectivity index (χ4n) is 1.77. The van der Waals surface area contributed by atoms with Crippen LogP contribution in [0.1, 0.15) is 20.8 Å². The van der Waals surface area contributed by atoms with E-state index >= 15 is 0 Å². The molecule has 0 radical (unpaired) electrons. The standard InChI is InChI=1S/C15H19N3O/c1-4-17-15-10-16-9-14(18-15)12-6-5-7-13(8-12)19-11(2)3/h5-11H,4H2,1-3H3,(H,17,18). The molecule has 0 aliphatic heterocycles. The van der Waals surface area contributed by atoms with Gasteiger partial charge in [-0.05, 0) is 32.9 Å². The number of hydrogen-bond acceptors (Lipinski definition) is 4. The highest BCUT2D eigenvalue weighted by Crippen LogP contribution is 2.23. The summed E-state index contributed by atoms with van der Waals surface area (Å²) in [6.45, 7) is 6.89. The van der Waals surface area contributed by atoms with Crippen LogP contribution in [0.2, 0.25) is 0 Å². The molecule has 0 saturated heterocycles. The van der Waals surface area contributed by atoms with Crippen molar-refractivity contribution < 1.29 is 4.74 Å². The Morgan fingerprint density at radius 1 is 1.26 bits per heavy atom. The number of ether oxygens (including phenoxy) is 1. The average molecular weight is 257 g/mol. The fourth-order valence-corrected chi connectivity index (χ4v) is 1.77. The van der Waals surface area contributed by atoms with E-state index in [1.165, 1.54) is 0 Å². The monoisotopic (exact) mass is 257 g/mol. The minimum absolute atomic E-state index is 0.162. The summed E-state index contributed by atoms with van der Waals surface area (Å²) in [5.74, 6) is 1.64. The van der Waals surface area contributed by atoms with Gasteiger partial charge >= 0.3 is 0 Å². The minimum atomic E-state index is 0.162. The van der Waals surface area contributed by atoms with E-state index < -0.39 is 0 Å². The minimum Gasteiger partial charge on any atom is -0.491 e. The van der Waals surface area contributed by atoms with Crippen molar-refractivity contribution in [1.82, 2.24) is 9.97 Å². The van der Waals surface area contributed by atoms with Crippen molar-refractivity contribution in [2.24, 2.45) is 0 Å². The van der Waals surface area contributed by atoms with Gasteiger partial charge in [-0.3, -0.25) is 4.98 Å². The summed E-state index contributed by atoms with van der Waals surface area (Å²) in [7, 11) is 0. The van der Waals surface area contributed by atoms with Crippen molar-refractivity contribution in [1.29, 1.82) is 0 Å². The van der Waals surface area contributed by atoms with Gasteiger partial charge in [0.25, 0.3) is 0 Å². The van der Waals surface area contributed by atoms with Crippen molar-refractivity contribution >= 4 is 5.82 Å². The first-order valence-electron chi connectivity index (χ1n) is 6.52. The van der Waals surface area contributed by atoms with Crippen LogP contribution in [0, 0.1) is 0 Å². The van der Waals surface area contributed by atoms with Gasteiger partial charge < -0.3 is 10.1 Å². The van der Waals surface area contributed by atoms with Crippen molar-refractivity contribution in [3.05, 3.63) is 36.7 Å². The van der Waals surface area contributed by atoms with E-state index in [1.807, 2.05) is 45.0 Å². The lowest BCUT2D eigenvalue weighted by Crippen LogP contribution is -2.05. The molecule has 100 valence electrons. The molecule has 4 nitrogen and oxygen atoms in total. The molecule has 0 atom stereocenters. The van der Waals surface area contributed by atoms with Crippen LogP contribution in [-0.2, 0) is 0 Å². The van der Waals surface area contributed by atoms with Gasteiger partial charge in [0.15, 0.2) is 0 Å². The summed E-state index contributed by atoms with van der Waals surface area (Å²) >= 11 is 0. The smallest absolute Gasteiger partial charge is 0.145 e. The average Bonchev–Trinajstić information content (AvgIpc) is 2.39. The first-order chi connectivity index (χ1) is 9.19. The molecule has 0 saturated carbocycles. The third-order valence-electron chi connectivity index (χ3n) is 2.49. The second-order valence-electron chi connectivity index (χ2n) is 4.51. The fraction of sp³-hybridized carbons (Fsp3) is 0.333.